The van der Waals surface area contributed by atoms with Crippen molar-refractivity contribution in [1.29, 1.82) is 0 Å². The largest absolute Gasteiger partial charge is 0.470 e. The van der Waals surface area contributed by atoms with E-state index in [9.17, 15) is 0 Å². The van der Waals surface area contributed by atoms with E-state index in [1.165, 1.54) is 0 Å². The maximum Gasteiger partial charge on any atom is 0.241 e. The summed E-state index contributed by atoms with van der Waals surface area (Å²) in [5.41, 5.74) is 3.23. The normalized spacial score (nSPS) is 12.0. The van der Waals surface area contributed by atoms with Crippen LogP contribution in [0.5, 0.6) is 5.88 Å². The van der Waals surface area contributed by atoms with Gasteiger partial charge < -0.3 is 4.74 Å². The van der Waals surface area contributed by atoms with Gasteiger partial charge in [-0.25, -0.2) is 9.97 Å². The first-order valence-electron chi connectivity index (χ1n) is 7.70. The average Bonchev–Trinajstić information content (AvgIpc) is 2.52. The molecule has 1 aromatic heterocycles. The quantitative estimate of drug-likeness (QED) is 0.684. The summed E-state index contributed by atoms with van der Waals surface area (Å²) in [7, 11) is 0. The molecule has 3 rings (SSSR count). The van der Waals surface area contributed by atoms with Gasteiger partial charge in [0.2, 0.25) is 5.88 Å². The summed E-state index contributed by atoms with van der Waals surface area (Å²) in [6.45, 7) is 6.03. The third-order valence-electron chi connectivity index (χ3n) is 3.20. The van der Waals surface area contributed by atoms with E-state index in [0.29, 0.717) is 5.88 Å². The van der Waals surface area contributed by atoms with Crippen LogP contribution in [-0.4, -0.2) is 15.6 Å². The van der Waals surface area contributed by atoms with E-state index in [4.69, 9.17) is 9.72 Å². The fourth-order valence-electron chi connectivity index (χ4n) is 2.21. The summed E-state index contributed by atoms with van der Waals surface area (Å²) in [6.07, 6.45) is 3.98. The zero-order chi connectivity index (χ0) is 16.3. The fourth-order valence-corrected chi connectivity index (χ4v) is 2.21. The summed E-state index contributed by atoms with van der Waals surface area (Å²) in [5.74, 6) is 0.559. The van der Waals surface area contributed by atoms with Crippen LogP contribution in [0, 0.1) is 0 Å². The van der Waals surface area contributed by atoms with E-state index in [1.54, 1.807) is 0 Å². The van der Waals surface area contributed by atoms with Gasteiger partial charge in [0.15, 0.2) is 0 Å². The molecule has 0 aliphatic rings. The average molecular weight is 304 g/mol. The van der Waals surface area contributed by atoms with Crippen LogP contribution in [0.1, 0.15) is 32.0 Å². The highest BCUT2D eigenvalue weighted by Crippen LogP contribution is 2.24. The SMILES string of the molecule is CC(C)(C)Oc1nc2ccccc2nc1/C=C/c1ccccc1. The lowest BCUT2D eigenvalue weighted by Crippen LogP contribution is -2.24. The van der Waals surface area contributed by atoms with Crippen molar-refractivity contribution >= 4 is 23.2 Å². The Hall–Kier alpha value is -2.68. The third kappa shape index (κ3) is 3.95. The van der Waals surface area contributed by atoms with Crippen LogP contribution >= 0.6 is 0 Å². The summed E-state index contributed by atoms with van der Waals surface area (Å²) >= 11 is 0. The highest BCUT2D eigenvalue weighted by Gasteiger charge is 2.16. The molecular weight excluding hydrogens is 284 g/mol. The Bertz CT molecular complexity index is 833. The summed E-state index contributed by atoms with van der Waals surface area (Å²) in [6, 6.07) is 18.0. The number of fused-ring (bicyclic) bond motifs is 1. The number of benzene rings is 2. The molecule has 116 valence electrons. The van der Waals surface area contributed by atoms with Crippen LogP contribution in [0.3, 0.4) is 0 Å². The van der Waals surface area contributed by atoms with E-state index in [2.05, 4.69) is 17.1 Å². The molecule has 2 aromatic carbocycles. The lowest BCUT2D eigenvalue weighted by Gasteiger charge is -2.21. The van der Waals surface area contributed by atoms with Gasteiger partial charge >= 0.3 is 0 Å². The minimum atomic E-state index is -0.327. The van der Waals surface area contributed by atoms with Crippen molar-refractivity contribution in [3.8, 4) is 5.88 Å². The topological polar surface area (TPSA) is 35.0 Å². The van der Waals surface area contributed by atoms with Crippen LogP contribution in [0.15, 0.2) is 54.6 Å². The van der Waals surface area contributed by atoms with Gasteiger partial charge in [0.1, 0.15) is 11.3 Å². The van der Waals surface area contributed by atoms with Gasteiger partial charge in [0, 0.05) is 0 Å². The van der Waals surface area contributed by atoms with Crippen LogP contribution in [0.4, 0.5) is 0 Å². The highest BCUT2D eigenvalue weighted by molar-refractivity contribution is 5.78. The molecule has 0 saturated heterocycles. The molecule has 3 aromatic rings. The molecule has 0 fully saturated rings. The van der Waals surface area contributed by atoms with E-state index >= 15 is 0 Å². The molecule has 0 bridgehead atoms. The van der Waals surface area contributed by atoms with Crippen molar-refractivity contribution in [3.63, 3.8) is 0 Å². The molecule has 0 N–H and O–H groups in total. The molecule has 0 radical (unpaired) electrons. The lowest BCUT2D eigenvalue weighted by molar-refractivity contribution is 0.123. The number of rotatable bonds is 3. The van der Waals surface area contributed by atoms with Crippen molar-refractivity contribution in [2.45, 2.75) is 26.4 Å². The number of hydrogen-bond donors (Lipinski definition) is 0. The highest BCUT2D eigenvalue weighted by atomic mass is 16.5. The van der Waals surface area contributed by atoms with Gasteiger partial charge in [-0.05, 0) is 44.5 Å². The third-order valence-corrected chi connectivity index (χ3v) is 3.20. The predicted octanol–water partition coefficient (Wildman–Crippen LogP) is 4.98. The Labute approximate surface area is 136 Å². The van der Waals surface area contributed by atoms with Crippen LogP contribution in [-0.2, 0) is 0 Å². The first kappa shape index (κ1) is 15.2. The molecule has 0 aliphatic heterocycles. The van der Waals surface area contributed by atoms with Crippen molar-refractivity contribution in [2.75, 3.05) is 0 Å². The Morgan fingerprint density at radius 3 is 2.04 bits per heavy atom. The number of nitrogens with zero attached hydrogens (tertiary/aromatic N) is 2. The van der Waals surface area contributed by atoms with Crippen molar-refractivity contribution in [2.24, 2.45) is 0 Å². The van der Waals surface area contributed by atoms with E-state index in [1.807, 2.05) is 75.4 Å². The summed E-state index contributed by atoms with van der Waals surface area (Å²) in [4.78, 5) is 9.34. The van der Waals surface area contributed by atoms with Gasteiger partial charge in [0.25, 0.3) is 0 Å². The zero-order valence-corrected chi connectivity index (χ0v) is 13.7. The monoisotopic (exact) mass is 304 g/mol. The molecule has 23 heavy (non-hydrogen) atoms. The summed E-state index contributed by atoms with van der Waals surface area (Å²) < 4.78 is 6.00. The number of hydrogen-bond acceptors (Lipinski definition) is 3. The maximum atomic E-state index is 6.00. The molecule has 0 spiro atoms. The van der Waals surface area contributed by atoms with Gasteiger partial charge in [-0.2, -0.15) is 0 Å². The number of ether oxygens (including phenoxy) is 1. The van der Waals surface area contributed by atoms with Crippen molar-refractivity contribution < 1.29 is 4.74 Å². The molecule has 0 amide bonds. The van der Waals surface area contributed by atoms with Crippen LogP contribution < -0.4 is 4.74 Å². The van der Waals surface area contributed by atoms with Crippen LogP contribution in [0.25, 0.3) is 23.2 Å². The summed E-state index contributed by atoms with van der Waals surface area (Å²) in [5, 5.41) is 0. The molecule has 0 saturated carbocycles. The van der Waals surface area contributed by atoms with E-state index in [0.717, 1.165) is 22.3 Å². The minimum absolute atomic E-state index is 0.327. The second kappa shape index (κ2) is 6.21. The second-order valence-corrected chi connectivity index (χ2v) is 6.36. The Morgan fingerprint density at radius 2 is 1.39 bits per heavy atom. The van der Waals surface area contributed by atoms with Gasteiger partial charge in [-0.3, -0.25) is 0 Å². The number of aromatic nitrogens is 2. The van der Waals surface area contributed by atoms with Gasteiger partial charge in [-0.15, -0.1) is 0 Å². The first-order valence-corrected chi connectivity index (χ1v) is 7.70. The predicted molar refractivity (Wildman–Crippen MR) is 95.3 cm³/mol. The fraction of sp³-hybridized carbons (Fsp3) is 0.200. The molecular formula is C20H20N2O. The van der Waals surface area contributed by atoms with E-state index < -0.39 is 0 Å². The van der Waals surface area contributed by atoms with Crippen LogP contribution in [0.2, 0.25) is 0 Å². The van der Waals surface area contributed by atoms with Crippen molar-refractivity contribution in [3.05, 3.63) is 65.9 Å². The van der Waals surface area contributed by atoms with Gasteiger partial charge in [0.05, 0.1) is 11.0 Å². The standard InChI is InChI=1S/C20H20N2O/c1-20(2,3)23-19-18(14-13-15-9-5-4-6-10-15)21-16-11-7-8-12-17(16)22-19/h4-14H,1-3H3/b14-13+. The minimum Gasteiger partial charge on any atom is -0.470 e. The lowest BCUT2D eigenvalue weighted by atomic mass is 10.2. The first-order chi connectivity index (χ1) is 11.0. The zero-order valence-electron chi connectivity index (χ0n) is 13.7. The molecule has 0 aliphatic carbocycles. The molecule has 3 nitrogen and oxygen atoms in total. The Balaban J connectivity index is 2.05. The number of para-hydroxylation sites is 2. The Morgan fingerprint density at radius 1 is 0.783 bits per heavy atom. The van der Waals surface area contributed by atoms with Crippen molar-refractivity contribution in [1.82, 2.24) is 9.97 Å². The molecule has 0 atom stereocenters. The molecule has 1 heterocycles. The van der Waals surface area contributed by atoms with Gasteiger partial charge in [-0.1, -0.05) is 48.5 Å². The smallest absolute Gasteiger partial charge is 0.241 e. The maximum absolute atomic E-state index is 6.00. The molecule has 0 unspecified atom stereocenters. The Kier molecular flexibility index (Phi) is 4.11. The second-order valence-electron chi connectivity index (χ2n) is 6.36. The molecule has 3 heteroatoms. The van der Waals surface area contributed by atoms with E-state index in [-0.39, 0.29) is 5.60 Å².